The molecule has 2 atom stereocenters. The van der Waals surface area contributed by atoms with Crippen molar-refractivity contribution < 1.29 is 9.47 Å². The molecule has 6 heteroatoms. The lowest BCUT2D eigenvalue weighted by atomic mass is 10.1. The number of rotatable bonds is 7. The average molecular weight is 411 g/mol. The predicted octanol–water partition coefficient (Wildman–Crippen LogP) is 3.17. The van der Waals surface area contributed by atoms with Gasteiger partial charge in [0.05, 0.1) is 19.3 Å². The highest BCUT2D eigenvalue weighted by Gasteiger charge is 2.22. The molecule has 0 bridgehead atoms. The summed E-state index contributed by atoms with van der Waals surface area (Å²) in [6, 6.07) is 16.7. The van der Waals surface area contributed by atoms with E-state index in [1.807, 2.05) is 12.1 Å². The highest BCUT2D eigenvalue weighted by Crippen LogP contribution is 2.17. The van der Waals surface area contributed by atoms with Crippen molar-refractivity contribution in [3.63, 3.8) is 0 Å². The van der Waals surface area contributed by atoms with Gasteiger partial charge in [0.25, 0.3) is 0 Å². The van der Waals surface area contributed by atoms with E-state index >= 15 is 0 Å². The van der Waals surface area contributed by atoms with Gasteiger partial charge in [-0.3, -0.25) is 9.89 Å². The molecule has 0 amide bonds. The van der Waals surface area contributed by atoms with Crippen molar-refractivity contribution in [2.75, 3.05) is 27.2 Å². The van der Waals surface area contributed by atoms with Gasteiger partial charge in [-0.1, -0.05) is 36.4 Å². The zero-order chi connectivity index (χ0) is 21.3. The minimum absolute atomic E-state index is 0.278. The van der Waals surface area contributed by atoms with Crippen LogP contribution in [0.2, 0.25) is 0 Å². The topological polar surface area (TPSA) is 58.1 Å². The van der Waals surface area contributed by atoms with Crippen LogP contribution < -0.4 is 15.4 Å². The Morgan fingerprint density at radius 1 is 1.00 bits per heavy atom. The van der Waals surface area contributed by atoms with Gasteiger partial charge in [0, 0.05) is 39.8 Å². The summed E-state index contributed by atoms with van der Waals surface area (Å²) in [7, 11) is 3.48. The molecule has 1 aliphatic heterocycles. The largest absolute Gasteiger partial charge is 0.497 e. The minimum Gasteiger partial charge on any atom is -0.497 e. The second-order valence-corrected chi connectivity index (χ2v) is 7.85. The lowest BCUT2D eigenvalue weighted by Crippen LogP contribution is -2.45. The third-order valence-electron chi connectivity index (χ3n) is 5.30. The molecule has 1 heterocycles. The van der Waals surface area contributed by atoms with E-state index in [9.17, 15) is 0 Å². The molecule has 2 aromatic rings. The van der Waals surface area contributed by atoms with E-state index in [0.29, 0.717) is 6.54 Å². The summed E-state index contributed by atoms with van der Waals surface area (Å²) >= 11 is 0. The zero-order valence-electron chi connectivity index (χ0n) is 18.5. The Morgan fingerprint density at radius 2 is 1.63 bits per heavy atom. The molecule has 3 rings (SSSR count). The van der Waals surface area contributed by atoms with Gasteiger partial charge in [-0.2, -0.15) is 0 Å². The maximum atomic E-state index is 5.87. The molecule has 30 heavy (non-hydrogen) atoms. The normalized spacial score (nSPS) is 20.1. The van der Waals surface area contributed by atoms with E-state index in [2.05, 4.69) is 70.8 Å². The van der Waals surface area contributed by atoms with Crippen LogP contribution in [0.25, 0.3) is 0 Å². The highest BCUT2D eigenvalue weighted by atomic mass is 16.5. The Morgan fingerprint density at radius 3 is 2.27 bits per heavy atom. The quantitative estimate of drug-likeness (QED) is 0.542. The summed E-state index contributed by atoms with van der Waals surface area (Å²) < 4.78 is 11.1. The Hall–Kier alpha value is -2.57. The van der Waals surface area contributed by atoms with Crippen LogP contribution >= 0.6 is 0 Å². The van der Waals surface area contributed by atoms with E-state index in [1.54, 1.807) is 14.2 Å². The molecule has 2 aromatic carbocycles. The number of nitrogens with zero attached hydrogens (tertiary/aromatic N) is 2. The molecule has 0 radical (unpaired) electrons. The van der Waals surface area contributed by atoms with Crippen molar-refractivity contribution in [2.24, 2.45) is 4.99 Å². The smallest absolute Gasteiger partial charge is 0.191 e. The molecule has 162 valence electrons. The number of morpholine rings is 1. The standard InChI is InChI=1S/C24H34N4O2/c1-18-15-28(16-19(2)30-18)17-22-8-6-5-7-21(22)14-27-24(25-3)26-13-20-9-11-23(29-4)12-10-20/h5-12,18-19H,13-17H2,1-4H3,(H2,25,26,27). The lowest BCUT2D eigenvalue weighted by molar-refractivity contribution is -0.0705. The first-order valence-corrected chi connectivity index (χ1v) is 10.6. The number of hydrogen-bond acceptors (Lipinski definition) is 4. The van der Waals surface area contributed by atoms with Gasteiger partial charge in [-0.25, -0.2) is 0 Å². The molecule has 0 saturated carbocycles. The van der Waals surface area contributed by atoms with Gasteiger partial charge in [0.2, 0.25) is 0 Å². The van der Waals surface area contributed by atoms with Crippen molar-refractivity contribution in [3.8, 4) is 5.75 Å². The van der Waals surface area contributed by atoms with E-state index in [4.69, 9.17) is 9.47 Å². The molecule has 2 unspecified atom stereocenters. The summed E-state index contributed by atoms with van der Waals surface area (Å²) in [6.45, 7) is 8.61. The first-order valence-electron chi connectivity index (χ1n) is 10.6. The SMILES string of the molecule is CN=C(NCc1ccc(OC)cc1)NCc1ccccc1CN1CC(C)OC(C)C1. The van der Waals surface area contributed by atoms with Crippen LogP contribution in [-0.4, -0.2) is 50.3 Å². The number of benzene rings is 2. The van der Waals surface area contributed by atoms with Crippen LogP contribution in [-0.2, 0) is 24.4 Å². The van der Waals surface area contributed by atoms with E-state index in [0.717, 1.165) is 37.9 Å². The second kappa shape index (κ2) is 11.0. The number of ether oxygens (including phenoxy) is 2. The monoisotopic (exact) mass is 410 g/mol. The molecular weight excluding hydrogens is 376 g/mol. The Balaban J connectivity index is 1.55. The molecule has 1 saturated heterocycles. The maximum Gasteiger partial charge on any atom is 0.191 e. The summed E-state index contributed by atoms with van der Waals surface area (Å²) in [4.78, 5) is 6.84. The van der Waals surface area contributed by atoms with E-state index < -0.39 is 0 Å². The van der Waals surface area contributed by atoms with E-state index in [-0.39, 0.29) is 12.2 Å². The number of aliphatic imine (C=N–C) groups is 1. The fraction of sp³-hybridized carbons (Fsp3) is 0.458. The van der Waals surface area contributed by atoms with Crippen LogP contribution in [0.4, 0.5) is 0 Å². The van der Waals surface area contributed by atoms with Crippen LogP contribution in [0.3, 0.4) is 0 Å². The summed E-state index contributed by atoms with van der Waals surface area (Å²) in [5.74, 6) is 1.65. The van der Waals surface area contributed by atoms with Crippen molar-refractivity contribution >= 4 is 5.96 Å². The second-order valence-electron chi connectivity index (χ2n) is 7.85. The van der Waals surface area contributed by atoms with E-state index in [1.165, 1.54) is 16.7 Å². The fourth-order valence-corrected chi connectivity index (χ4v) is 3.87. The Labute approximate surface area is 180 Å². The Kier molecular flexibility index (Phi) is 8.11. The van der Waals surface area contributed by atoms with Crippen LogP contribution in [0.15, 0.2) is 53.5 Å². The van der Waals surface area contributed by atoms with Gasteiger partial charge >= 0.3 is 0 Å². The molecule has 6 nitrogen and oxygen atoms in total. The highest BCUT2D eigenvalue weighted by molar-refractivity contribution is 5.79. The molecule has 0 spiro atoms. The fourth-order valence-electron chi connectivity index (χ4n) is 3.87. The number of nitrogens with one attached hydrogen (secondary N) is 2. The van der Waals surface area contributed by atoms with Crippen LogP contribution in [0, 0.1) is 0 Å². The molecule has 0 aromatic heterocycles. The van der Waals surface area contributed by atoms with Gasteiger partial charge in [-0.15, -0.1) is 0 Å². The van der Waals surface area contributed by atoms with Crippen molar-refractivity contribution in [2.45, 2.75) is 45.7 Å². The third kappa shape index (κ3) is 6.47. The molecule has 1 fully saturated rings. The zero-order valence-corrected chi connectivity index (χ0v) is 18.5. The summed E-state index contributed by atoms with van der Waals surface area (Å²) in [5, 5.41) is 6.82. The van der Waals surface area contributed by atoms with Crippen molar-refractivity contribution in [1.29, 1.82) is 0 Å². The van der Waals surface area contributed by atoms with Crippen molar-refractivity contribution in [1.82, 2.24) is 15.5 Å². The van der Waals surface area contributed by atoms with Gasteiger partial charge in [-0.05, 0) is 42.7 Å². The number of guanidine groups is 1. The average Bonchev–Trinajstić information content (AvgIpc) is 2.74. The summed E-state index contributed by atoms with van der Waals surface area (Å²) in [6.07, 6.45) is 0.556. The van der Waals surface area contributed by atoms with Gasteiger partial charge in [0.15, 0.2) is 5.96 Å². The minimum atomic E-state index is 0.278. The maximum absolute atomic E-state index is 5.87. The summed E-state index contributed by atoms with van der Waals surface area (Å²) in [5.41, 5.74) is 3.81. The van der Waals surface area contributed by atoms with Gasteiger partial charge in [0.1, 0.15) is 5.75 Å². The first-order chi connectivity index (χ1) is 14.6. The first kappa shape index (κ1) is 22.1. The number of methoxy groups -OCH3 is 1. The Bertz CT molecular complexity index is 812. The third-order valence-corrected chi connectivity index (χ3v) is 5.30. The van der Waals surface area contributed by atoms with Crippen LogP contribution in [0.5, 0.6) is 5.75 Å². The van der Waals surface area contributed by atoms with Crippen LogP contribution in [0.1, 0.15) is 30.5 Å². The number of hydrogen-bond donors (Lipinski definition) is 2. The van der Waals surface area contributed by atoms with Crippen molar-refractivity contribution in [3.05, 3.63) is 65.2 Å². The molecule has 1 aliphatic rings. The molecule has 0 aliphatic carbocycles. The van der Waals surface area contributed by atoms with Gasteiger partial charge < -0.3 is 20.1 Å². The molecule has 2 N–H and O–H groups in total. The predicted molar refractivity (Wildman–Crippen MR) is 122 cm³/mol. The lowest BCUT2D eigenvalue weighted by Gasteiger charge is -2.35. The molecular formula is C24H34N4O2.